The van der Waals surface area contributed by atoms with Gasteiger partial charge in [0.1, 0.15) is 0 Å². The van der Waals surface area contributed by atoms with Gasteiger partial charge in [-0.2, -0.15) is 0 Å². The minimum absolute atomic E-state index is 0.651. The second kappa shape index (κ2) is 4.01. The summed E-state index contributed by atoms with van der Waals surface area (Å²) in [6, 6.07) is 0.651. The van der Waals surface area contributed by atoms with E-state index in [-0.39, 0.29) is 0 Å². The maximum Gasteiger partial charge on any atom is 0.0652 e. The van der Waals surface area contributed by atoms with Crippen molar-refractivity contribution in [3.05, 3.63) is 0 Å². The van der Waals surface area contributed by atoms with Gasteiger partial charge in [0.2, 0.25) is 0 Å². The fraction of sp³-hybridized carbons (Fsp3) is 0.900. The quantitative estimate of drug-likeness (QED) is 0.733. The van der Waals surface area contributed by atoms with Crippen LogP contribution in [0.5, 0.6) is 0 Å². The van der Waals surface area contributed by atoms with E-state index in [1.807, 2.05) is 11.8 Å². The predicted molar refractivity (Wildman–Crippen MR) is 59.5 cm³/mol. The van der Waals surface area contributed by atoms with Gasteiger partial charge in [0.15, 0.2) is 0 Å². The fourth-order valence-corrected chi connectivity index (χ4v) is 3.78. The first-order valence-corrected chi connectivity index (χ1v) is 6.03. The molecule has 0 spiro atoms. The van der Waals surface area contributed by atoms with Crippen LogP contribution >= 0.6 is 11.8 Å². The maximum atomic E-state index is 4.66. The molecule has 1 fully saturated rings. The summed E-state index contributed by atoms with van der Waals surface area (Å²) < 4.78 is 0. The highest BCUT2D eigenvalue weighted by molar-refractivity contribution is 8.14. The van der Waals surface area contributed by atoms with E-state index >= 15 is 0 Å². The minimum Gasteiger partial charge on any atom is -0.319 e. The van der Waals surface area contributed by atoms with E-state index in [1.165, 1.54) is 30.9 Å². The molecular formula is C10H18N2S. The molecule has 0 bridgehead atoms. The zero-order chi connectivity index (χ0) is 9.26. The zero-order valence-electron chi connectivity index (χ0n) is 8.42. The maximum absolute atomic E-state index is 4.66. The average Bonchev–Trinajstić information content (AvgIpc) is 2.44. The van der Waals surface area contributed by atoms with Crippen molar-refractivity contribution >= 4 is 16.8 Å². The van der Waals surface area contributed by atoms with Crippen molar-refractivity contribution in [1.29, 1.82) is 0 Å². The third kappa shape index (κ3) is 2.08. The zero-order valence-corrected chi connectivity index (χ0v) is 9.23. The first-order chi connectivity index (χ1) is 6.29. The lowest BCUT2D eigenvalue weighted by Gasteiger charge is -2.29. The molecule has 1 saturated carbocycles. The third-order valence-electron chi connectivity index (χ3n) is 3.03. The van der Waals surface area contributed by atoms with Crippen molar-refractivity contribution in [3.63, 3.8) is 0 Å². The van der Waals surface area contributed by atoms with E-state index in [2.05, 4.69) is 24.3 Å². The van der Waals surface area contributed by atoms with E-state index in [1.54, 1.807) is 0 Å². The van der Waals surface area contributed by atoms with Crippen molar-refractivity contribution < 1.29 is 0 Å². The third-order valence-corrected chi connectivity index (χ3v) is 4.28. The SMILES string of the molecule is CNCC1CCC2N=C(C)SC2C1. The fourth-order valence-electron chi connectivity index (χ4n) is 2.43. The Morgan fingerprint density at radius 3 is 3.15 bits per heavy atom. The first kappa shape index (κ1) is 9.53. The Balaban J connectivity index is 1.89. The summed E-state index contributed by atoms with van der Waals surface area (Å²) >= 11 is 2.00. The second-order valence-corrected chi connectivity index (χ2v) is 5.54. The van der Waals surface area contributed by atoms with Crippen LogP contribution < -0.4 is 5.32 Å². The molecular weight excluding hydrogens is 180 g/mol. The van der Waals surface area contributed by atoms with Gasteiger partial charge in [-0.3, -0.25) is 4.99 Å². The molecule has 3 atom stereocenters. The van der Waals surface area contributed by atoms with Crippen LogP contribution in [0.4, 0.5) is 0 Å². The molecule has 0 saturated heterocycles. The Hall–Kier alpha value is -0.0200. The van der Waals surface area contributed by atoms with Gasteiger partial charge >= 0.3 is 0 Å². The average molecular weight is 198 g/mol. The lowest BCUT2D eigenvalue weighted by molar-refractivity contribution is 0.333. The van der Waals surface area contributed by atoms with Crippen molar-refractivity contribution in [1.82, 2.24) is 5.32 Å². The van der Waals surface area contributed by atoms with Crippen LogP contribution in [0.3, 0.4) is 0 Å². The number of hydrogen-bond acceptors (Lipinski definition) is 3. The lowest BCUT2D eigenvalue weighted by atomic mass is 9.86. The Kier molecular flexibility index (Phi) is 2.94. The minimum atomic E-state index is 0.651. The van der Waals surface area contributed by atoms with Gasteiger partial charge < -0.3 is 5.32 Å². The largest absolute Gasteiger partial charge is 0.319 e. The van der Waals surface area contributed by atoms with Gasteiger partial charge in [-0.25, -0.2) is 0 Å². The predicted octanol–water partition coefficient (Wildman–Crippen LogP) is 1.91. The molecule has 0 radical (unpaired) electrons. The van der Waals surface area contributed by atoms with Crippen LogP contribution in [0.25, 0.3) is 0 Å². The number of fused-ring (bicyclic) bond motifs is 1. The standard InChI is InChI=1S/C10H18N2S/c1-7-12-9-4-3-8(6-11-2)5-10(9)13-7/h8-11H,3-6H2,1-2H3. The first-order valence-electron chi connectivity index (χ1n) is 5.15. The van der Waals surface area contributed by atoms with Crippen LogP contribution in [0.15, 0.2) is 4.99 Å². The monoisotopic (exact) mass is 198 g/mol. The highest BCUT2D eigenvalue weighted by Crippen LogP contribution is 2.39. The van der Waals surface area contributed by atoms with Crippen LogP contribution in [-0.4, -0.2) is 29.9 Å². The highest BCUT2D eigenvalue weighted by Gasteiger charge is 2.34. The normalized spacial score (nSPS) is 38.6. The molecule has 3 unspecified atom stereocenters. The van der Waals surface area contributed by atoms with Crippen molar-refractivity contribution in [2.45, 2.75) is 37.5 Å². The van der Waals surface area contributed by atoms with E-state index in [0.717, 1.165) is 11.2 Å². The summed E-state index contributed by atoms with van der Waals surface area (Å²) in [5, 5.41) is 5.39. The Morgan fingerprint density at radius 2 is 2.38 bits per heavy atom. The van der Waals surface area contributed by atoms with Crippen molar-refractivity contribution in [3.8, 4) is 0 Å². The summed E-state index contributed by atoms with van der Waals surface area (Å²) in [4.78, 5) is 4.66. The number of rotatable bonds is 2. The smallest absolute Gasteiger partial charge is 0.0652 e. The van der Waals surface area contributed by atoms with E-state index < -0.39 is 0 Å². The Bertz CT molecular complexity index is 215. The van der Waals surface area contributed by atoms with E-state index in [9.17, 15) is 0 Å². The summed E-state index contributed by atoms with van der Waals surface area (Å²) in [5.41, 5.74) is 0. The molecule has 74 valence electrons. The molecule has 1 aliphatic heterocycles. The lowest BCUT2D eigenvalue weighted by Crippen LogP contribution is -2.32. The van der Waals surface area contributed by atoms with E-state index in [4.69, 9.17) is 0 Å². The Labute approximate surface area is 84.6 Å². The van der Waals surface area contributed by atoms with Gasteiger partial charge in [0.25, 0.3) is 0 Å². The van der Waals surface area contributed by atoms with Crippen LogP contribution in [-0.2, 0) is 0 Å². The molecule has 1 aliphatic carbocycles. The van der Waals surface area contributed by atoms with Crippen molar-refractivity contribution in [2.75, 3.05) is 13.6 Å². The summed E-state index contributed by atoms with van der Waals surface area (Å²) in [6.07, 6.45) is 4.03. The number of nitrogens with zero attached hydrogens (tertiary/aromatic N) is 1. The highest BCUT2D eigenvalue weighted by atomic mass is 32.2. The molecule has 0 aromatic rings. The molecule has 1 heterocycles. The van der Waals surface area contributed by atoms with Gasteiger partial charge in [-0.1, -0.05) is 0 Å². The number of thioether (sulfide) groups is 1. The molecule has 1 N–H and O–H groups in total. The summed E-state index contributed by atoms with van der Waals surface area (Å²) in [6.45, 7) is 3.33. The molecule has 2 rings (SSSR count). The number of hydrogen-bond donors (Lipinski definition) is 1. The molecule has 2 nitrogen and oxygen atoms in total. The second-order valence-electron chi connectivity index (χ2n) is 4.11. The molecule has 2 aliphatic rings. The van der Waals surface area contributed by atoms with Gasteiger partial charge in [-0.15, -0.1) is 11.8 Å². The van der Waals surface area contributed by atoms with Crippen LogP contribution in [0.1, 0.15) is 26.2 Å². The topological polar surface area (TPSA) is 24.4 Å². The molecule has 0 amide bonds. The Morgan fingerprint density at radius 1 is 1.54 bits per heavy atom. The van der Waals surface area contributed by atoms with Gasteiger partial charge in [0, 0.05) is 5.25 Å². The van der Waals surface area contributed by atoms with Crippen molar-refractivity contribution in [2.24, 2.45) is 10.9 Å². The molecule has 3 heteroatoms. The molecule has 0 aromatic carbocycles. The number of aliphatic imine (C=N–C) groups is 1. The van der Waals surface area contributed by atoms with Gasteiger partial charge in [0.05, 0.1) is 11.1 Å². The van der Waals surface area contributed by atoms with Crippen LogP contribution in [0, 0.1) is 5.92 Å². The summed E-state index contributed by atoms with van der Waals surface area (Å²) in [5.74, 6) is 0.889. The van der Waals surface area contributed by atoms with Crippen LogP contribution in [0.2, 0.25) is 0 Å². The molecule has 13 heavy (non-hydrogen) atoms. The molecule has 0 aromatic heterocycles. The van der Waals surface area contributed by atoms with Gasteiger partial charge in [-0.05, 0) is 45.7 Å². The van der Waals surface area contributed by atoms with E-state index in [0.29, 0.717) is 6.04 Å². The number of nitrogens with one attached hydrogen (secondary N) is 1. The summed E-state index contributed by atoms with van der Waals surface area (Å²) in [7, 11) is 2.05.